The molecule has 0 fully saturated rings. The van der Waals surface area contributed by atoms with E-state index in [-0.39, 0.29) is 23.8 Å². The molecule has 0 aromatic heterocycles. The topological polar surface area (TPSA) is 112 Å². The van der Waals surface area contributed by atoms with Crippen LogP contribution in [0.25, 0.3) is 0 Å². The summed E-state index contributed by atoms with van der Waals surface area (Å²) in [5.74, 6) is -1.31. The van der Waals surface area contributed by atoms with Crippen LogP contribution < -0.4 is 5.32 Å². The van der Waals surface area contributed by atoms with Gasteiger partial charge in [-0.1, -0.05) is 17.8 Å². The zero-order valence-electron chi connectivity index (χ0n) is 16.0. The van der Waals surface area contributed by atoms with Crippen LogP contribution in [0.15, 0.2) is 29.3 Å². The molecule has 1 aliphatic heterocycles. The van der Waals surface area contributed by atoms with E-state index in [1.165, 1.54) is 30.8 Å². The zero-order valence-corrected chi connectivity index (χ0v) is 16.8. The van der Waals surface area contributed by atoms with E-state index in [4.69, 9.17) is 10.00 Å². The highest BCUT2D eigenvalue weighted by Gasteiger charge is 2.32. The van der Waals surface area contributed by atoms with Crippen LogP contribution in [0.4, 0.5) is 5.69 Å². The van der Waals surface area contributed by atoms with Gasteiger partial charge in [0, 0.05) is 25.2 Å². The van der Waals surface area contributed by atoms with Crippen LogP contribution in [0.2, 0.25) is 0 Å². The number of aliphatic imine (C=N–C) groups is 1. The highest BCUT2D eigenvalue weighted by molar-refractivity contribution is 8.15. The first-order valence-electron chi connectivity index (χ1n) is 8.92. The fourth-order valence-electron chi connectivity index (χ4n) is 2.50. The second-order valence-electron chi connectivity index (χ2n) is 6.02. The third-order valence-corrected chi connectivity index (χ3v) is 5.19. The van der Waals surface area contributed by atoms with Gasteiger partial charge in [0.05, 0.1) is 5.56 Å². The van der Waals surface area contributed by atoms with Crippen molar-refractivity contribution in [3.63, 3.8) is 0 Å². The summed E-state index contributed by atoms with van der Waals surface area (Å²) in [6.45, 7) is 6.90. The van der Waals surface area contributed by atoms with Gasteiger partial charge in [-0.2, -0.15) is 10.3 Å². The number of nitriles is 1. The van der Waals surface area contributed by atoms with Gasteiger partial charge in [0.1, 0.15) is 11.3 Å². The van der Waals surface area contributed by atoms with Gasteiger partial charge in [-0.15, -0.1) is 0 Å². The van der Waals surface area contributed by atoms with Crippen molar-refractivity contribution >= 4 is 40.4 Å². The van der Waals surface area contributed by atoms with Crippen LogP contribution in [0.1, 0.15) is 37.6 Å². The number of amidine groups is 1. The van der Waals surface area contributed by atoms with E-state index in [9.17, 15) is 14.4 Å². The molecular formula is C19H22N4O4S. The number of carbonyl (C=O) groups excluding carboxylic acids is 3. The van der Waals surface area contributed by atoms with E-state index in [1.54, 1.807) is 12.1 Å². The molecule has 2 rings (SSSR count). The van der Waals surface area contributed by atoms with Crippen LogP contribution in [-0.2, 0) is 14.3 Å². The molecule has 0 saturated heterocycles. The Morgan fingerprint density at radius 1 is 1.39 bits per heavy atom. The first-order valence-corrected chi connectivity index (χ1v) is 9.80. The van der Waals surface area contributed by atoms with Crippen LogP contribution in [0.3, 0.4) is 0 Å². The molecule has 0 radical (unpaired) electrons. The molecule has 148 valence electrons. The maximum absolute atomic E-state index is 12.3. The Morgan fingerprint density at radius 2 is 2.11 bits per heavy atom. The van der Waals surface area contributed by atoms with Crippen molar-refractivity contribution in [3.05, 3.63) is 29.8 Å². The molecular weight excluding hydrogens is 380 g/mol. The minimum Gasteiger partial charge on any atom is -0.444 e. The fourth-order valence-corrected chi connectivity index (χ4v) is 3.69. The number of rotatable bonds is 7. The van der Waals surface area contributed by atoms with Gasteiger partial charge >= 0.3 is 5.97 Å². The summed E-state index contributed by atoms with van der Waals surface area (Å²) in [6, 6.07) is 8.04. The SMILES string of the molecule is CCN(CC)C1=NC(=O)[C@@H](CC(=O)Nc2cccc(C(=O)O[C@@H](C)C#N)c2)S1. The van der Waals surface area contributed by atoms with Crippen LogP contribution in [0.5, 0.6) is 0 Å². The quantitative estimate of drug-likeness (QED) is 0.697. The molecule has 8 nitrogen and oxygen atoms in total. The Balaban J connectivity index is 1.95. The Labute approximate surface area is 167 Å². The minimum absolute atomic E-state index is 0.0160. The molecule has 0 bridgehead atoms. The van der Waals surface area contributed by atoms with Crippen molar-refractivity contribution in [1.82, 2.24) is 4.90 Å². The number of hydrogen-bond donors (Lipinski definition) is 1. The highest BCUT2D eigenvalue weighted by atomic mass is 32.2. The number of thioether (sulfide) groups is 1. The van der Waals surface area contributed by atoms with Crippen molar-refractivity contribution in [1.29, 1.82) is 5.26 Å². The lowest BCUT2D eigenvalue weighted by Gasteiger charge is -2.19. The molecule has 28 heavy (non-hydrogen) atoms. The summed E-state index contributed by atoms with van der Waals surface area (Å²) >= 11 is 1.29. The van der Waals surface area contributed by atoms with Gasteiger partial charge in [-0.3, -0.25) is 9.59 Å². The van der Waals surface area contributed by atoms with E-state index in [0.717, 1.165) is 13.1 Å². The zero-order chi connectivity index (χ0) is 20.7. The summed E-state index contributed by atoms with van der Waals surface area (Å²) in [5.41, 5.74) is 0.628. The Kier molecular flexibility index (Phi) is 7.58. The van der Waals surface area contributed by atoms with Gasteiger partial charge in [0.2, 0.25) is 5.91 Å². The Bertz CT molecular complexity index is 829. The van der Waals surface area contributed by atoms with Crippen molar-refractivity contribution in [3.8, 4) is 6.07 Å². The number of hydrogen-bond acceptors (Lipinski definition) is 7. The standard InChI is InChI=1S/C19H22N4O4S/c1-4-23(5-2)19-22-17(25)15(28-19)10-16(24)21-14-8-6-7-13(9-14)18(26)27-12(3)11-20/h6-9,12,15H,4-5,10H2,1-3H3,(H,21,24)/t12-,15+/m0/s1. The van der Waals surface area contributed by atoms with Crippen molar-refractivity contribution < 1.29 is 19.1 Å². The first-order chi connectivity index (χ1) is 13.4. The van der Waals surface area contributed by atoms with Crippen molar-refractivity contribution in [2.45, 2.75) is 38.5 Å². The molecule has 1 N–H and O–H groups in total. The maximum atomic E-state index is 12.3. The molecule has 0 spiro atoms. The van der Waals surface area contributed by atoms with E-state index in [0.29, 0.717) is 10.9 Å². The molecule has 1 aliphatic rings. The number of anilines is 1. The Morgan fingerprint density at radius 3 is 2.75 bits per heavy atom. The number of ether oxygens (including phenoxy) is 1. The molecule has 0 saturated carbocycles. The number of nitrogens with one attached hydrogen (secondary N) is 1. The second-order valence-corrected chi connectivity index (χ2v) is 7.19. The van der Waals surface area contributed by atoms with Gasteiger partial charge in [0.25, 0.3) is 5.91 Å². The monoisotopic (exact) mass is 402 g/mol. The van der Waals surface area contributed by atoms with Gasteiger partial charge in [0.15, 0.2) is 11.3 Å². The van der Waals surface area contributed by atoms with E-state index >= 15 is 0 Å². The molecule has 2 amide bonds. The number of esters is 1. The van der Waals surface area contributed by atoms with Crippen LogP contribution in [0, 0.1) is 11.3 Å². The largest absolute Gasteiger partial charge is 0.444 e. The molecule has 0 aliphatic carbocycles. The van der Waals surface area contributed by atoms with Gasteiger partial charge < -0.3 is 15.0 Å². The second kappa shape index (κ2) is 9.90. The Hall–Kier alpha value is -2.86. The summed E-state index contributed by atoms with van der Waals surface area (Å²) in [5, 5.41) is 11.5. The summed E-state index contributed by atoms with van der Waals surface area (Å²) < 4.78 is 4.94. The third kappa shape index (κ3) is 5.57. The third-order valence-electron chi connectivity index (χ3n) is 3.98. The van der Waals surface area contributed by atoms with Gasteiger partial charge in [-0.25, -0.2) is 4.79 Å². The van der Waals surface area contributed by atoms with E-state index in [2.05, 4.69) is 10.3 Å². The van der Waals surface area contributed by atoms with Crippen molar-refractivity contribution in [2.75, 3.05) is 18.4 Å². The molecule has 1 aromatic rings. The lowest BCUT2D eigenvalue weighted by molar-refractivity contribution is -0.121. The molecule has 2 atom stereocenters. The van der Waals surface area contributed by atoms with E-state index < -0.39 is 17.3 Å². The van der Waals surface area contributed by atoms with Crippen LogP contribution in [-0.4, -0.2) is 52.3 Å². The smallest absolute Gasteiger partial charge is 0.339 e. The average Bonchev–Trinajstić information content (AvgIpc) is 3.02. The van der Waals surface area contributed by atoms with Crippen LogP contribution >= 0.6 is 11.8 Å². The fraction of sp³-hybridized carbons (Fsp3) is 0.421. The van der Waals surface area contributed by atoms with Crippen molar-refractivity contribution in [2.24, 2.45) is 4.99 Å². The number of benzene rings is 1. The predicted octanol–water partition coefficient (Wildman–Crippen LogP) is 2.42. The maximum Gasteiger partial charge on any atom is 0.339 e. The first kappa shape index (κ1) is 21.4. The number of nitrogens with zero attached hydrogens (tertiary/aromatic N) is 3. The summed E-state index contributed by atoms with van der Waals surface area (Å²) in [6.07, 6.45) is -0.881. The molecule has 9 heteroatoms. The summed E-state index contributed by atoms with van der Waals surface area (Å²) in [7, 11) is 0. The minimum atomic E-state index is -0.865. The van der Waals surface area contributed by atoms with Gasteiger partial charge in [-0.05, 0) is 39.0 Å². The number of carbonyl (C=O) groups is 3. The molecule has 0 unspecified atom stereocenters. The number of amides is 2. The summed E-state index contributed by atoms with van der Waals surface area (Å²) in [4.78, 5) is 42.4. The normalized spacial score (nSPS) is 16.7. The van der Waals surface area contributed by atoms with E-state index in [1.807, 2.05) is 24.8 Å². The average molecular weight is 402 g/mol. The lowest BCUT2D eigenvalue weighted by atomic mass is 10.2. The highest BCUT2D eigenvalue weighted by Crippen LogP contribution is 2.27. The lowest BCUT2D eigenvalue weighted by Crippen LogP contribution is -2.27. The molecule has 1 heterocycles. The predicted molar refractivity (Wildman–Crippen MR) is 107 cm³/mol. The molecule has 1 aromatic carbocycles.